The third-order valence-corrected chi connectivity index (χ3v) is 7.40. The van der Waals surface area contributed by atoms with Gasteiger partial charge in [0.25, 0.3) is 0 Å². The normalized spacial score (nSPS) is 15.2. The van der Waals surface area contributed by atoms with E-state index in [4.69, 9.17) is 28.2 Å². The molecule has 1 fully saturated rings. The molecule has 0 bridgehead atoms. The first-order chi connectivity index (χ1) is 14.9. The molecule has 3 nitrogen and oxygen atoms in total. The lowest BCUT2D eigenvalue weighted by atomic mass is 9.98. The molecule has 2 atom stereocenters. The molecule has 7 heteroatoms. The number of anilines is 1. The summed E-state index contributed by atoms with van der Waals surface area (Å²) in [6.45, 7) is 7.07. The van der Waals surface area contributed by atoms with Gasteiger partial charge in [-0.15, -0.1) is 23.7 Å². The van der Waals surface area contributed by atoms with Crippen LogP contribution in [0.1, 0.15) is 61.3 Å². The molecule has 172 valence electrons. The zero-order valence-corrected chi connectivity index (χ0v) is 21.7. The van der Waals surface area contributed by atoms with Gasteiger partial charge in [-0.05, 0) is 68.4 Å². The fourth-order valence-corrected chi connectivity index (χ4v) is 5.60. The minimum absolute atomic E-state index is 0. The summed E-state index contributed by atoms with van der Waals surface area (Å²) in [5.74, 6) is 0.635. The van der Waals surface area contributed by atoms with Crippen molar-refractivity contribution >= 4 is 52.1 Å². The molecule has 1 saturated carbocycles. The van der Waals surface area contributed by atoms with E-state index in [1.165, 1.54) is 18.4 Å². The molecule has 0 amide bonds. The molecule has 0 radical (unpaired) electrons. The fraction of sp³-hybridized carbons (Fsp3) is 0.400. The number of aliphatic hydroxyl groups excluding tert-OH is 1. The molecule has 1 heterocycles. The zero-order valence-electron chi connectivity index (χ0n) is 18.5. The van der Waals surface area contributed by atoms with Crippen LogP contribution in [0.15, 0.2) is 42.5 Å². The van der Waals surface area contributed by atoms with Crippen LogP contribution in [0, 0.1) is 12.8 Å². The van der Waals surface area contributed by atoms with E-state index in [0.29, 0.717) is 22.0 Å². The quantitative estimate of drug-likeness (QED) is 0.330. The lowest BCUT2D eigenvalue weighted by Gasteiger charge is -2.32. The average Bonchev–Trinajstić information content (AvgIpc) is 3.50. The number of aryl methyl sites for hydroxylation is 1. The number of aliphatic hydroxyl groups is 1. The standard InChI is InChI=1S/C25H28Cl2N2OS.ClH/c1-4-13-29(24(19-9-10-19)18-7-5-17(6-8-18)15(2)30)25-28-23(16(3)31-25)21-12-11-20(26)14-22(21)27;/h5-8,11-12,14-15,19,24,30H,4,9-10,13H2,1-3H3;1H. The number of benzene rings is 2. The molecule has 0 saturated heterocycles. The number of hydrogen-bond acceptors (Lipinski definition) is 4. The molecule has 32 heavy (non-hydrogen) atoms. The predicted octanol–water partition coefficient (Wildman–Crippen LogP) is 8.27. The van der Waals surface area contributed by atoms with Crippen molar-refractivity contribution in [3.63, 3.8) is 0 Å². The summed E-state index contributed by atoms with van der Waals surface area (Å²) < 4.78 is 0. The van der Waals surface area contributed by atoms with E-state index in [0.717, 1.165) is 39.8 Å². The molecular formula is C25H29Cl3N2OS. The fourth-order valence-electron chi connectivity index (χ4n) is 4.12. The second-order valence-corrected chi connectivity index (χ2v) is 10.4. The Morgan fingerprint density at radius 1 is 1.12 bits per heavy atom. The van der Waals surface area contributed by atoms with Gasteiger partial charge in [0.15, 0.2) is 5.13 Å². The Labute approximate surface area is 210 Å². The number of hydrogen-bond donors (Lipinski definition) is 1. The molecule has 1 aliphatic rings. The summed E-state index contributed by atoms with van der Waals surface area (Å²) in [4.78, 5) is 8.69. The predicted molar refractivity (Wildman–Crippen MR) is 140 cm³/mol. The second kappa shape index (κ2) is 10.8. The smallest absolute Gasteiger partial charge is 0.186 e. The van der Waals surface area contributed by atoms with Gasteiger partial charge in [-0.2, -0.15) is 0 Å². The van der Waals surface area contributed by atoms with Crippen LogP contribution in [-0.4, -0.2) is 16.6 Å². The van der Waals surface area contributed by atoms with E-state index in [2.05, 4.69) is 30.9 Å². The van der Waals surface area contributed by atoms with Gasteiger partial charge in [0.2, 0.25) is 0 Å². The maximum absolute atomic E-state index is 9.89. The Morgan fingerprint density at radius 2 is 1.78 bits per heavy atom. The van der Waals surface area contributed by atoms with Crippen molar-refractivity contribution in [2.24, 2.45) is 5.92 Å². The Bertz CT molecular complexity index is 1050. The summed E-state index contributed by atoms with van der Waals surface area (Å²) >= 11 is 14.3. The Hall–Kier alpha value is -1.30. The number of halogens is 3. The highest BCUT2D eigenvalue weighted by Crippen LogP contribution is 2.48. The van der Waals surface area contributed by atoms with Crippen molar-refractivity contribution in [1.29, 1.82) is 0 Å². The van der Waals surface area contributed by atoms with Crippen molar-refractivity contribution < 1.29 is 5.11 Å². The highest BCUT2D eigenvalue weighted by atomic mass is 35.5. The minimum atomic E-state index is -0.450. The van der Waals surface area contributed by atoms with Crippen LogP contribution in [0.25, 0.3) is 11.3 Å². The average molecular weight is 512 g/mol. The first-order valence-corrected chi connectivity index (χ1v) is 12.4. The maximum Gasteiger partial charge on any atom is 0.186 e. The summed E-state index contributed by atoms with van der Waals surface area (Å²) in [7, 11) is 0. The zero-order chi connectivity index (χ0) is 22.1. The minimum Gasteiger partial charge on any atom is -0.389 e. The van der Waals surface area contributed by atoms with E-state index in [-0.39, 0.29) is 12.4 Å². The second-order valence-electron chi connectivity index (χ2n) is 8.34. The van der Waals surface area contributed by atoms with E-state index >= 15 is 0 Å². The first kappa shape index (κ1) is 25.3. The molecule has 0 spiro atoms. The lowest BCUT2D eigenvalue weighted by Crippen LogP contribution is -2.31. The van der Waals surface area contributed by atoms with E-state index < -0.39 is 6.10 Å². The van der Waals surface area contributed by atoms with Gasteiger partial charge >= 0.3 is 0 Å². The third-order valence-electron chi connectivity index (χ3n) is 5.85. The van der Waals surface area contributed by atoms with Crippen molar-refractivity contribution in [2.45, 2.75) is 52.2 Å². The van der Waals surface area contributed by atoms with Gasteiger partial charge in [0.05, 0.1) is 22.9 Å². The van der Waals surface area contributed by atoms with Gasteiger partial charge in [-0.3, -0.25) is 0 Å². The third kappa shape index (κ3) is 5.43. The van der Waals surface area contributed by atoms with Crippen LogP contribution in [0.5, 0.6) is 0 Å². The van der Waals surface area contributed by atoms with Crippen molar-refractivity contribution in [2.75, 3.05) is 11.4 Å². The number of nitrogens with zero attached hydrogens (tertiary/aromatic N) is 2. The highest BCUT2D eigenvalue weighted by molar-refractivity contribution is 7.16. The monoisotopic (exact) mass is 510 g/mol. The molecule has 2 unspecified atom stereocenters. The van der Waals surface area contributed by atoms with Crippen LogP contribution in [-0.2, 0) is 0 Å². The van der Waals surface area contributed by atoms with Crippen LogP contribution >= 0.6 is 46.9 Å². The van der Waals surface area contributed by atoms with Gasteiger partial charge in [-0.1, -0.05) is 54.4 Å². The number of aromatic nitrogens is 1. The van der Waals surface area contributed by atoms with E-state index in [9.17, 15) is 5.11 Å². The van der Waals surface area contributed by atoms with E-state index in [1.807, 2.05) is 24.3 Å². The van der Waals surface area contributed by atoms with Gasteiger partial charge in [0.1, 0.15) is 0 Å². The lowest BCUT2D eigenvalue weighted by molar-refractivity contribution is 0.199. The summed E-state index contributed by atoms with van der Waals surface area (Å²) in [6, 6.07) is 14.3. The van der Waals surface area contributed by atoms with Crippen LogP contribution in [0.2, 0.25) is 10.0 Å². The molecule has 2 aromatic carbocycles. The first-order valence-electron chi connectivity index (χ1n) is 10.9. The molecule has 1 aliphatic carbocycles. The van der Waals surface area contributed by atoms with Gasteiger partial charge in [-0.25, -0.2) is 4.98 Å². The van der Waals surface area contributed by atoms with Crippen molar-refractivity contribution in [3.05, 3.63) is 68.5 Å². The number of rotatable bonds is 8. The Morgan fingerprint density at radius 3 is 2.34 bits per heavy atom. The van der Waals surface area contributed by atoms with Crippen molar-refractivity contribution in [1.82, 2.24) is 4.98 Å². The van der Waals surface area contributed by atoms with Crippen LogP contribution in [0.3, 0.4) is 0 Å². The Kier molecular flexibility index (Phi) is 8.51. The largest absolute Gasteiger partial charge is 0.389 e. The summed E-state index contributed by atoms with van der Waals surface area (Å²) in [6.07, 6.45) is 3.07. The highest BCUT2D eigenvalue weighted by Gasteiger charge is 2.37. The molecule has 1 aromatic heterocycles. The molecular weight excluding hydrogens is 483 g/mol. The maximum atomic E-state index is 9.89. The molecule has 1 N–H and O–H groups in total. The molecule has 4 rings (SSSR count). The summed E-state index contributed by atoms with van der Waals surface area (Å²) in [5, 5.41) is 12.2. The Balaban J connectivity index is 0.00000289. The van der Waals surface area contributed by atoms with Crippen LogP contribution in [0.4, 0.5) is 5.13 Å². The van der Waals surface area contributed by atoms with Gasteiger partial charge in [0, 0.05) is 22.0 Å². The van der Waals surface area contributed by atoms with Crippen molar-refractivity contribution in [3.8, 4) is 11.3 Å². The van der Waals surface area contributed by atoms with E-state index in [1.54, 1.807) is 24.3 Å². The van der Waals surface area contributed by atoms with Gasteiger partial charge < -0.3 is 10.0 Å². The number of thiazole rings is 1. The molecule has 0 aliphatic heterocycles. The SMILES string of the molecule is CCCN(c1nc(-c2ccc(Cl)cc2Cl)c(C)s1)C(c1ccc(C(C)O)cc1)C1CC1.Cl. The summed E-state index contributed by atoms with van der Waals surface area (Å²) in [5.41, 5.74) is 4.10. The molecule has 3 aromatic rings. The van der Waals surface area contributed by atoms with Crippen LogP contribution < -0.4 is 4.90 Å². The topological polar surface area (TPSA) is 36.4 Å².